The third-order valence-electron chi connectivity index (χ3n) is 4.98. The molecule has 0 radical (unpaired) electrons. The molecular weight excluding hydrogens is 514 g/mol. The Labute approximate surface area is 209 Å². The van der Waals surface area contributed by atoms with Crippen molar-refractivity contribution in [2.75, 3.05) is 0 Å². The van der Waals surface area contributed by atoms with Gasteiger partial charge in [-0.3, -0.25) is 4.79 Å². The first-order valence-electron chi connectivity index (χ1n) is 9.98. The Balaban J connectivity index is 1.71. The fraction of sp³-hybridized carbons (Fsp3) is 0.250. The van der Waals surface area contributed by atoms with E-state index >= 15 is 0 Å². The molecule has 3 rings (SSSR count). The van der Waals surface area contributed by atoms with Gasteiger partial charge >= 0.3 is 6.18 Å². The molecule has 0 saturated heterocycles. The fourth-order valence-corrected chi connectivity index (χ4v) is 4.99. The highest BCUT2D eigenvalue weighted by Gasteiger charge is 2.39. The average molecular weight is 533 g/mol. The predicted molar refractivity (Wildman–Crippen MR) is 130 cm³/mol. The second-order valence-electron chi connectivity index (χ2n) is 7.51. The van der Waals surface area contributed by atoms with Gasteiger partial charge < -0.3 is 0 Å². The maximum Gasteiger partial charge on any atom is 0.399 e. The van der Waals surface area contributed by atoms with Crippen LogP contribution in [0, 0.1) is 6.92 Å². The molecule has 2 nitrogen and oxygen atoms in total. The van der Waals surface area contributed by atoms with Crippen LogP contribution in [0.4, 0.5) is 13.2 Å². The number of aromatic nitrogens is 1. The van der Waals surface area contributed by atoms with Crippen molar-refractivity contribution >= 4 is 58.0 Å². The normalized spacial score (nSPS) is 12.9. The summed E-state index contributed by atoms with van der Waals surface area (Å²) in [6.45, 7) is 1.77. The minimum Gasteiger partial charge on any atom is -0.294 e. The number of hydrogen-bond acceptors (Lipinski definition) is 3. The fourth-order valence-electron chi connectivity index (χ4n) is 3.43. The first-order valence-corrected chi connectivity index (χ1v) is 11.9. The highest BCUT2D eigenvalue weighted by atomic mass is 35.5. The zero-order chi connectivity index (χ0) is 24.2. The van der Waals surface area contributed by atoms with Gasteiger partial charge in [-0.1, -0.05) is 65.2 Å². The van der Waals surface area contributed by atoms with Crippen LogP contribution in [0.5, 0.6) is 0 Å². The lowest BCUT2D eigenvalue weighted by atomic mass is 9.95. The zero-order valence-corrected chi connectivity index (χ0v) is 20.5. The summed E-state index contributed by atoms with van der Waals surface area (Å²) in [5, 5.41) is 0.273. The van der Waals surface area contributed by atoms with E-state index in [1.165, 1.54) is 35.6 Å². The number of carbonyl (C=O) groups excluding carboxylic acids is 1. The van der Waals surface area contributed by atoms with Crippen LogP contribution in [0.25, 0.3) is 6.08 Å². The third-order valence-corrected chi connectivity index (χ3v) is 6.59. The zero-order valence-electron chi connectivity index (χ0n) is 17.4. The number of aryl methyl sites for hydroxylation is 2. The van der Waals surface area contributed by atoms with Crippen molar-refractivity contribution < 1.29 is 18.0 Å². The van der Waals surface area contributed by atoms with E-state index in [0.29, 0.717) is 40.4 Å². The highest BCUT2D eigenvalue weighted by Crippen LogP contribution is 2.38. The van der Waals surface area contributed by atoms with Gasteiger partial charge in [0.2, 0.25) is 0 Å². The molecule has 0 N–H and O–H groups in total. The number of halogens is 6. The van der Waals surface area contributed by atoms with Crippen molar-refractivity contribution in [3.8, 4) is 0 Å². The molecule has 0 bridgehead atoms. The van der Waals surface area contributed by atoms with E-state index < -0.39 is 12.1 Å². The standard InChI is InChI=1S/C24H19Cl3F3NOS/c1-14-9-15(5-7-20(14)22(32)4-2-3-19-13-31-23(27)33-19)6-8-21(24(28,29)30)16-10-17(25)12-18(26)11-16/h5-13,21H,2-4H2,1H3/b8-6+. The summed E-state index contributed by atoms with van der Waals surface area (Å²) in [4.78, 5) is 17.6. The Morgan fingerprint density at radius 2 is 1.82 bits per heavy atom. The highest BCUT2D eigenvalue weighted by molar-refractivity contribution is 7.15. The smallest absolute Gasteiger partial charge is 0.294 e. The first-order chi connectivity index (χ1) is 15.5. The maximum atomic E-state index is 13.7. The Bertz CT molecular complexity index is 1150. The van der Waals surface area contributed by atoms with Crippen LogP contribution in [-0.2, 0) is 6.42 Å². The average Bonchev–Trinajstić information content (AvgIpc) is 3.11. The molecule has 2 aromatic carbocycles. The second-order valence-corrected chi connectivity index (χ2v) is 10.1. The monoisotopic (exact) mass is 531 g/mol. The van der Waals surface area contributed by atoms with E-state index in [0.717, 1.165) is 11.0 Å². The van der Waals surface area contributed by atoms with Crippen LogP contribution >= 0.6 is 46.1 Å². The molecular formula is C24H19Cl3F3NOS. The molecule has 0 aliphatic rings. The van der Waals surface area contributed by atoms with Crippen molar-refractivity contribution in [1.82, 2.24) is 4.98 Å². The largest absolute Gasteiger partial charge is 0.399 e. The number of benzene rings is 2. The summed E-state index contributed by atoms with van der Waals surface area (Å²) < 4.78 is 41.5. The molecule has 0 amide bonds. The lowest BCUT2D eigenvalue weighted by Gasteiger charge is -2.18. The number of ketones is 1. The van der Waals surface area contributed by atoms with Crippen LogP contribution < -0.4 is 0 Å². The molecule has 1 heterocycles. The molecule has 0 aliphatic heterocycles. The van der Waals surface area contributed by atoms with Gasteiger partial charge in [-0.15, -0.1) is 11.3 Å². The Morgan fingerprint density at radius 1 is 1.12 bits per heavy atom. The van der Waals surface area contributed by atoms with Crippen molar-refractivity contribution in [3.05, 3.63) is 90.3 Å². The summed E-state index contributed by atoms with van der Waals surface area (Å²) >= 11 is 19.0. The van der Waals surface area contributed by atoms with Gasteiger partial charge in [0.25, 0.3) is 0 Å². The van der Waals surface area contributed by atoms with E-state index in [1.54, 1.807) is 31.3 Å². The molecule has 1 atom stereocenters. The number of hydrogen-bond donors (Lipinski definition) is 0. The number of allylic oxidation sites excluding steroid dienone is 1. The minimum absolute atomic E-state index is 0.0135. The Kier molecular flexibility index (Phi) is 8.62. The molecule has 0 fully saturated rings. The van der Waals surface area contributed by atoms with E-state index in [4.69, 9.17) is 34.8 Å². The summed E-state index contributed by atoms with van der Waals surface area (Å²) in [5.41, 5.74) is 1.79. The molecule has 9 heteroatoms. The van der Waals surface area contributed by atoms with Crippen LogP contribution in [0.15, 0.2) is 48.7 Å². The summed E-state index contributed by atoms with van der Waals surface area (Å²) in [6.07, 6.45) is 1.38. The summed E-state index contributed by atoms with van der Waals surface area (Å²) in [7, 11) is 0. The van der Waals surface area contributed by atoms with Gasteiger partial charge in [0.15, 0.2) is 10.3 Å². The van der Waals surface area contributed by atoms with Crippen LogP contribution in [-0.4, -0.2) is 16.9 Å². The molecule has 1 aromatic heterocycles. The first kappa shape index (κ1) is 25.8. The number of alkyl halides is 3. The van der Waals surface area contributed by atoms with Crippen LogP contribution in [0.3, 0.4) is 0 Å². The molecule has 33 heavy (non-hydrogen) atoms. The van der Waals surface area contributed by atoms with Crippen molar-refractivity contribution in [3.63, 3.8) is 0 Å². The van der Waals surface area contributed by atoms with Gasteiger partial charge in [0, 0.05) is 33.1 Å². The van der Waals surface area contributed by atoms with Gasteiger partial charge in [0.05, 0.1) is 5.92 Å². The number of rotatable bonds is 8. The summed E-state index contributed by atoms with van der Waals surface area (Å²) in [5.74, 6) is -1.88. The van der Waals surface area contributed by atoms with Crippen LogP contribution in [0.1, 0.15) is 50.7 Å². The van der Waals surface area contributed by atoms with Gasteiger partial charge in [0.1, 0.15) is 0 Å². The topological polar surface area (TPSA) is 30.0 Å². The van der Waals surface area contributed by atoms with Crippen molar-refractivity contribution in [1.29, 1.82) is 0 Å². The Morgan fingerprint density at radius 3 is 2.39 bits per heavy atom. The van der Waals surface area contributed by atoms with Crippen LogP contribution in [0.2, 0.25) is 14.5 Å². The van der Waals surface area contributed by atoms with Crippen molar-refractivity contribution in [2.24, 2.45) is 0 Å². The number of thiazole rings is 1. The van der Waals surface area contributed by atoms with Crippen molar-refractivity contribution in [2.45, 2.75) is 38.3 Å². The molecule has 3 aromatic rings. The number of Topliss-reactive ketones (excluding diaryl/α,β-unsaturated/α-hetero) is 1. The predicted octanol–water partition coefficient (Wildman–Crippen LogP) is 8.98. The lowest BCUT2D eigenvalue weighted by molar-refractivity contribution is -0.139. The molecule has 174 valence electrons. The van der Waals surface area contributed by atoms with Gasteiger partial charge in [-0.25, -0.2) is 4.98 Å². The van der Waals surface area contributed by atoms with E-state index in [2.05, 4.69) is 4.98 Å². The van der Waals surface area contributed by atoms with Gasteiger partial charge in [-0.2, -0.15) is 13.2 Å². The second kappa shape index (κ2) is 11.0. The Hall–Kier alpha value is -1.86. The summed E-state index contributed by atoms with van der Waals surface area (Å²) in [6, 6.07) is 8.88. The minimum atomic E-state index is -4.52. The SMILES string of the molecule is Cc1cc(/C=C/C(c2cc(Cl)cc(Cl)c2)C(F)(F)F)ccc1C(=O)CCCc1cnc(Cl)s1. The number of carbonyl (C=O) groups is 1. The number of nitrogens with zero attached hydrogens (tertiary/aromatic N) is 1. The maximum absolute atomic E-state index is 13.7. The van der Waals surface area contributed by atoms with Gasteiger partial charge in [-0.05, 0) is 54.7 Å². The van der Waals surface area contributed by atoms with E-state index in [9.17, 15) is 18.0 Å². The van der Waals surface area contributed by atoms with E-state index in [-0.39, 0.29) is 21.4 Å². The molecule has 1 unspecified atom stereocenters. The molecule has 0 spiro atoms. The quantitative estimate of drug-likeness (QED) is 0.271. The lowest BCUT2D eigenvalue weighted by Crippen LogP contribution is -2.18. The third kappa shape index (κ3) is 7.31. The van der Waals surface area contributed by atoms with E-state index in [1.807, 2.05) is 0 Å². The molecule has 0 aliphatic carbocycles. The molecule has 0 saturated carbocycles.